The van der Waals surface area contributed by atoms with Crippen molar-refractivity contribution in [1.82, 2.24) is 5.32 Å². The number of hydrogen-bond donors (Lipinski definition) is 2. The number of hydrogen-bond acceptors (Lipinski definition) is 3. The molecule has 1 heterocycles. The van der Waals surface area contributed by atoms with Gasteiger partial charge in [0.15, 0.2) is 0 Å². The minimum atomic E-state index is -0.277. The van der Waals surface area contributed by atoms with E-state index in [9.17, 15) is 0 Å². The Morgan fingerprint density at radius 3 is 3.06 bits per heavy atom. The Morgan fingerprint density at radius 2 is 2.31 bits per heavy atom. The molecule has 0 aliphatic carbocycles. The van der Waals surface area contributed by atoms with Gasteiger partial charge in [0, 0.05) is 32.4 Å². The average molecular weight is 220 g/mol. The molecule has 0 saturated heterocycles. The molecule has 1 aromatic rings. The summed E-state index contributed by atoms with van der Waals surface area (Å²) in [4.78, 5) is 2.29. The Kier molecular flexibility index (Phi) is 3.46. The van der Waals surface area contributed by atoms with Crippen LogP contribution in [0.3, 0.4) is 0 Å². The maximum atomic E-state index is 9.15. The molecule has 16 heavy (non-hydrogen) atoms. The van der Waals surface area contributed by atoms with Crippen molar-refractivity contribution in [3.63, 3.8) is 0 Å². The van der Waals surface area contributed by atoms with Crippen molar-refractivity contribution in [3.8, 4) is 0 Å². The van der Waals surface area contributed by atoms with Gasteiger partial charge in [-0.2, -0.15) is 0 Å². The van der Waals surface area contributed by atoms with Crippen LogP contribution in [0.15, 0.2) is 18.2 Å². The monoisotopic (exact) mass is 220 g/mol. The average Bonchev–Trinajstić information content (AvgIpc) is 2.60. The summed E-state index contributed by atoms with van der Waals surface area (Å²) in [5.41, 5.74) is 4.10. The highest BCUT2D eigenvalue weighted by atomic mass is 16.3. The number of rotatable bonds is 4. The molecule has 0 aromatic heterocycles. The number of nitrogens with one attached hydrogen (secondary N) is 1. The van der Waals surface area contributed by atoms with Gasteiger partial charge in [0.1, 0.15) is 0 Å². The molecule has 2 N–H and O–H groups in total. The van der Waals surface area contributed by atoms with Crippen LogP contribution in [0, 0.1) is 0 Å². The van der Waals surface area contributed by atoms with Crippen molar-refractivity contribution in [1.29, 1.82) is 0 Å². The van der Waals surface area contributed by atoms with Crippen LogP contribution < -0.4 is 10.2 Å². The zero-order valence-corrected chi connectivity index (χ0v) is 10.0. The zero-order chi connectivity index (χ0) is 11.5. The second-order valence-corrected chi connectivity index (χ2v) is 4.61. The van der Waals surface area contributed by atoms with E-state index in [1.165, 1.54) is 16.8 Å². The van der Waals surface area contributed by atoms with Gasteiger partial charge in [-0.1, -0.05) is 12.1 Å². The Labute approximate surface area is 97.1 Å². The molecular formula is C13H20N2O. The first kappa shape index (κ1) is 11.4. The number of likely N-dealkylation sites (N-methyl/N-ethyl adjacent to an activating group) is 1. The molecule has 0 bridgehead atoms. The van der Waals surface area contributed by atoms with Gasteiger partial charge in [-0.25, -0.2) is 0 Å². The molecule has 0 spiro atoms. The first-order valence-corrected chi connectivity index (χ1v) is 5.88. The Bertz CT molecular complexity index is 363. The van der Waals surface area contributed by atoms with Crippen molar-refractivity contribution < 1.29 is 5.11 Å². The largest absolute Gasteiger partial charge is 0.392 e. The summed E-state index contributed by atoms with van der Waals surface area (Å²) < 4.78 is 0. The highest BCUT2D eigenvalue weighted by molar-refractivity contribution is 5.58. The Hall–Kier alpha value is -1.06. The van der Waals surface area contributed by atoms with E-state index < -0.39 is 0 Å². The van der Waals surface area contributed by atoms with Crippen LogP contribution in [0.2, 0.25) is 0 Å². The number of anilines is 1. The zero-order valence-electron chi connectivity index (χ0n) is 10.0. The minimum absolute atomic E-state index is 0.277. The predicted octanol–water partition coefficient (Wildman–Crippen LogP) is 1.15. The molecule has 2 rings (SSSR count). The van der Waals surface area contributed by atoms with Crippen molar-refractivity contribution in [2.75, 3.05) is 25.0 Å². The lowest BCUT2D eigenvalue weighted by molar-refractivity contribution is 0.191. The molecular weight excluding hydrogens is 200 g/mol. The molecule has 1 atom stereocenters. The third-order valence-electron chi connectivity index (χ3n) is 3.04. The summed E-state index contributed by atoms with van der Waals surface area (Å²) in [6.07, 6.45) is 0.872. The molecule has 0 radical (unpaired) electrons. The molecule has 3 heteroatoms. The van der Waals surface area contributed by atoms with Gasteiger partial charge in [0.2, 0.25) is 0 Å². The van der Waals surface area contributed by atoms with Crippen LogP contribution in [0.25, 0.3) is 0 Å². The van der Waals surface area contributed by atoms with Gasteiger partial charge < -0.3 is 15.3 Å². The van der Waals surface area contributed by atoms with E-state index in [0.717, 1.165) is 19.5 Å². The van der Waals surface area contributed by atoms with E-state index in [1.54, 1.807) is 6.92 Å². The molecule has 88 valence electrons. The van der Waals surface area contributed by atoms with Crippen molar-refractivity contribution >= 4 is 5.69 Å². The van der Waals surface area contributed by atoms with E-state index in [0.29, 0.717) is 6.54 Å². The Morgan fingerprint density at radius 1 is 1.50 bits per heavy atom. The van der Waals surface area contributed by atoms with E-state index in [1.807, 2.05) is 0 Å². The van der Waals surface area contributed by atoms with E-state index >= 15 is 0 Å². The molecule has 1 aromatic carbocycles. The topological polar surface area (TPSA) is 35.5 Å². The van der Waals surface area contributed by atoms with Gasteiger partial charge >= 0.3 is 0 Å². The molecule has 0 amide bonds. The van der Waals surface area contributed by atoms with Crippen molar-refractivity contribution in [2.24, 2.45) is 0 Å². The fourth-order valence-electron chi connectivity index (χ4n) is 2.16. The Balaban J connectivity index is 1.97. The second-order valence-electron chi connectivity index (χ2n) is 4.61. The van der Waals surface area contributed by atoms with Gasteiger partial charge in [0.25, 0.3) is 0 Å². The maximum Gasteiger partial charge on any atom is 0.0636 e. The van der Waals surface area contributed by atoms with Crippen LogP contribution in [-0.2, 0) is 13.0 Å². The summed E-state index contributed by atoms with van der Waals surface area (Å²) >= 11 is 0. The van der Waals surface area contributed by atoms with E-state index in [-0.39, 0.29) is 6.10 Å². The van der Waals surface area contributed by atoms with E-state index in [2.05, 4.69) is 35.5 Å². The lowest BCUT2D eigenvalue weighted by atomic mass is 10.1. The summed E-state index contributed by atoms with van der Waals surface area (Å²) in [5, 5.41) is 12.4. The summed E-state index contributed by atoms with van der Waals surface area (Å²) in [7, 11) is 2.14. The quantitative estimate of drug-likeness (QED) is 0.799. The first-order valence-electron chi connectivity index (χ1n) is 5.88. The lowest BCUT2D eigenvalue weighted by Crippen LogP contribution is -2.23. The van der Waals surface area contributed by atoms with Crippen LogP contribution in [0.1, 0.15) is 18.1 Å². The fourth-order valence-corrected chi connectivity index (χ4v) is 2.16. The number of aliphatic hydroxyl groups excluding tert-OH is 1. The summed E-state index contributed by atoms with van der Waals surface area (Å²) in [5.74, 6) is 0. The smallest absolute Gasteiger partial charge is 0.0636 e. The van der Waals surface area contributed by atoms with Crippen molar-refractivity contribution in [3.05, 3.63) is 29.3 Å². The minimum Gasteiger partial charge on any atom is -0.392 e. The van der Waals surface area contributed by atoms with Crippen LogP contribution in [-0.4, -0.2) is 31.3 Å². The number of fused-ring (bicyclic) bond motifs is 1. The maximum absolute atomic E-state index is 9.15. The number of benzene rings is 1. The standard InChI is InChI=1S/C13H20N2O/c1-10(16)8-14-9-11-3-4-13-12(7-11)5-6-15(13)2/h3-4,7,10,14,16H,5-6,8-9H2,1-2H3. The number of nitrogens with zero attached hydrogens (tertiary/aromatic N) is 1. The predicted molar refractivity (Wildman–Crippen MR) is 66.8 cm³/mol. The summed E-state index contributed by atoms with van der Waals surface area (Å²) in [6, 6.07) is 6.63. The molecule has 3 nitrogen and oxygen atoms in total. The molecule has 0 fully saturated rings. The molecule has 1 unspecified atom stereocenters. The fraction of sp³-hybridized carbons (Fsp3) is 0.538. The molecule has 0 saturated carbocycles. The van der Waals surface area contributed by atoms with Crippen LogP contribution in [0.4, 0.5) is 5.69 Å². The number of aliphatic hydroxyl groups is 1. The first-order chi connectivity index (χ1) is 7.66. The molecule has 1 aliphatic rings. The van der Waals surface area contributed by atoms with Gasteiger partial charge in [-0.3, -0.25) is 0 Å². The molecule has 1 aliphatic heterocycles. The highest BCUT2D eigenvalue weighted by Crippen LogP contribution is 2.27. The second kappa shape index (κ2) is 4.85. The lowest BCUT2D eigenvalue weighted by Gasteiger charge is -2.12. The van der Waals surface area contributed by atoms with Gasteiger partial charge in [-0.05, 0) is 30.5 Å². The SMILES string of the molecule is CC(O)CNCc1ccc2c(c1)CCN2C. The third kappa shape index (κ3) is 2.54. The van der Waals surface area contributed by atoms with Crippen LogP contribution in [0.5, 0.6) is 0 Å². The van der Waals surface area contributed by atoms with Gasteiger partial charge in [0.05, 0.1) is 6.10 Å². The van der Waals surface area contributed by atoms with Gasteiger partial charge in [-0.15, -0.1) is 0 Å². The third-order valence-corrected chi connectivity index (χ3v) is 3.04. The highest BCUT2D eigenvalue weighted by Gasteiger charge is 2.15. The van der Waals surface area contributed by atoms with Crippen LogP contribution >= 0.6 is 0 Å². The van der Waals surface area contributed by atoms with Crippen molar-refractivity contribution in [2.45, 2.75) is 26.0 Å². The van der Waals surface area contributed by atoms with E-state index in [4.69, 9.17) is 5.11 Å². The normalized spacial score (nSPS) is 16.3. The summed E-state index contributed by atoms with van der Waals surface area (Å²) in [6.45, 7) is 4.41.